The maximum atomic E-state index is 12.1. The zero-order valence-corrected chi connectivity index (χ0v) is 14.5. The van der Waals surface area contributed by atoms with Crippen molar-refractivity contribution in [3.05, 3.63) is 35.9 Å². The SMILES string of the molecule is O=C(NCCC1=CCCCC1)Nc1cccc(N2CCCCC2)c1. The molecule has 0 radical (unpaired) electrons. The van der Waals surface area contributed by atoms with Gasteiger partial charge >= 0.3 is 6.03 Å². The van der Waals surface area contributed by atoms with Gasteiger partial charge in [0, 0.05) is 31.0 Å². The fourth-order valence-electron chi connectivity index (χ4n) is 3.58. The Morgan fingerprint density at radius 2 is 1.96 bits per heavy atom. The van der Waals surface area contributed by atoms with Crippen LogP contribution in [0, 0.1) is 0 Å². The van der Waals surface area contributed by atoms with Gasteiger partial charge in [-0.05, 0) is 69.6 Å². The normalized spacial score (nSPS) is 18.0. The molecule has 130 valence electrons. The van der Waals surface area contributed by atoms with Crippen LogP contribution in [0.15, 0.2) is 35.9 Å². The third-order valence-electron chi connectivity index (χ3n) is 4.94. The number of hydrogen-bond acceptors (Lipinski definition) is 2. The molecule has 2 amide bonds. The Labute approximate surface area is 145 Å². The van der Waals surface area contributed by atoms with Gasteiger partial charge in [0.1, 0.15) is 0 Å². The summed E-state index contributed by atoms with van der Waals surface area (Å²) < 4.78 is 0. The molecule has 4 nitrogen and oxygen atoms in total. The molecule has 3 rings (SSSR count). The first-order valence-electron chi connectivity index (χ1n) is 9.39. The minimum absolute atomic E-state index is 0.109. The summed E-state index contributed by atoms with van der Waals surface area (Å²) in [5, 5.41) is 5.94. The quantitative estimate of drug-likeness (QED) is 0.771. The second-order valence-electron chi connectivity index (χ2n) is 6.84. The van der Waals surface area contributed by atoms with Crippen LogP contribution in [0.2, 0.25) is 0 Å². The Kier molecular flexibility index (Phi) is 6.16. The summed E-state index contributed by atoms with van der Waals surface area (Å²) in [5.74, 6) is 0. The first kappa shape index (κ1) is 16.9. The number of urea groups is 1. The lowest BCUT2D eigenvalue weighted by Gasteiger charge is -2.29. The predicted octanol–water partition coefficient (Wildman–Crippen LogP) is 4.69. The molecular weight excluding hydrogens is 298 g/mol. The molecule has 2 N–H and O–H groups in total. The number of benzene rings is 1. The molecule has 24 heavy (non-hydrogen) atoms. The van der Waals surface area contributed by atoms with Gasteiger partial charge in [0.25, 0.3) is 0 Å². The maximum absolute atomic E-state index is 12.1. The number of carbonyl (C=O) groups is 1. The van der Waals surface area contributed by atoms with Crippen molar-refractivity contribution in [2.24, 2.45) is 0 Å². The van der Waals surface area contributed by atoms with E-state index in [1.54, 1.807) is 0 Å². The molecule has 1 heterocycles. The van der Waals surface area contributed by atoms with Crippen LogP contribution in [0.5, 0.6) is 0 Å². The molecule has 0 unspecified atom stereocenters. The van der Waals surface area contributed by atoms with Crippen LogP contribution < -0.4 is 15.5 Å². The van der Waals surface area contributed by atoms with Crippen LogP contribution in [0.4, 0.5) is 16.2 Å². The topological polar surface area (TPSA) is 44.4 Å². The molecule has 1 aromatic rings. The molecule has 0 atom stereocenters. The Balaban J connectivity index is 1.46. The van der Waals surface area contributed by atoms with Crippen LogP contribution in [-0.4, -0.2) is 25.7 Å². The van der Waals surface area contributed by atoms with Gasteiger partial charge in [0.15, 0.2) is 0 Å². The van der Waals surface area contributed by atoms with Crippen molar-refractivity contribution in [2.75, 3.05) is 29.9 Å². The van der Waals surface area contributed by atoms with Crippen LogP contribution >= 0.6 is 0 Å². The second kappa shape index (κ2) is 8.76. The van der Waals surface area contributed by atoms with E-state index in [2.05, 4.69) is 33.7 Å². The van der Waals surface area contributed by atoms with Gasteiger partial charge in [-0.3, -0.25) is 0 Å². The van der Waals surface area contributed by atoms with Crippen molar-refractivity contribution in [2.45, 2.75) is 51.4 Å². The number of carbonyl (C=O) groups excluding carboxylic acids is 1. The Morgan fingerprint density at radius 1 is 1.08 bits per heavy atom. The lowest BCUT2D eigenvalue weighted by Crippen LogP contribution is -2.31. The van der Waals surface area contributed by atoms with Crippen LogP contribution in [-0.2, 0) is 0 Å². The van der Waals surface area contributed by atoms with Crippen molar-refractivity contribution in [3.63, 3.8) is 0 Å². The number of piperidine rings is 1. The van der Waals surface area contributed by atoms with Gasteiger partial charge in [-0.15, -0.1) is 0 Å². The molecular formula is C20H29N3O. The molecule has 0 aromatic heterocycles. The summed E-state index contributed by atoms with van der Waals surface area (Å²) in [6.07, 6.45) is 12.2. The third-order valence-corrected chi connectivity index (χ3v) is 4.94. The highest BCUT2D eigenvalue weighted by Crippen LogP contribution is 2.23. The summed E-state index contributed by atoms with van der Waals surface area (Å²) in [6, 6.07) is 8.07. The summed E-state index contributed by atoms with van der Waals surface area (Å²) in [7, 11) is 0. The molecule has 0 spiro atoms. The standard InChI is InChI=1S/C20H29N3O/c24-20(21-13-12-17-8-3-1-4-9-17)22-18-10-7-11-19(16-18)23-14-5-2-6-15-23/h7-8,10-11,16H,1-6,9,12-15H2,(H2,21,22,24). The molecule has 1 fully saturated rings. The molecule has 1 aromatic carbocycles. The van der Waals surface area contributed by atoms with E-state index in [-0.39, 0.29) is 6.03 Å². The first-order valence-corrected chi connectivity index (χ1v) is 9.39. The molecule has 0 bridgehead atoms. The number of anilines is 2. The summed E-state index contributed by atoms with van der Waals surface area (Å²) in [4.78, 5) is 14.5. The van der Waals surface area contributed by atoms with Crippen molar-refractivity contribution >= 4 is 17.4 Å². The van der Waals surface area contributed by atoms with E-state index >= 15 is 0 Å². The predicted molar refractivity (Wildman–Crippen MR) is 101 cm³/mol. The number of allylic oxidation sites excluding steroid dienone is 1. The van der Waals surface area contributed by atoms with Crippen LogP contribution in [0.1, 0.15) is 51.4 Å². The van der Waals surface area contributed by atoms with E-state index in [4.69, 9.17) is 0 Å². The van der Waals surface area contributed by atoms with Gasteiger partial charge in [-0.2, -0.15) is 0 Å². The van der Waals surface area contributed by atoms with Gasteiger partial charge in [-0.1, -0.05) is 17.7 Å². The fourth-order valence-corrected chi connectivity index (χ4v) is 3.58. The van der Waals surface area contributed by atoms with E-state index in [0.717, 1.165) is 25.2 Å². The largest absolute Gasteiger partial charge is 0.371 e. The summed E-state index contributed by atoms with van der Waals surface area (Å²) >= 11 is 0. The minimum atomic E-state index is -0.109. The van der Waals surface area contributed by atoms with Crippen molar-refractivity contribution in [3.8, 4) is 0 Å². The molecule has 1 aliphatic carbocycles. The van der Waals surface area contributed by atoms with E-state index in [1.165, 1.54) is 56.2 Å². The van der Waals surface area contributed by atoms with Gasteiger partial charge in [-0.25, -0.2) is 4.79 Å². The summed E-state index contributed by atoms with van der Waals surface area (Å²) in [6.45, 7) is 2.94. The second-order valence-corrected chi connectivity index (χ2v) is 6.84. The van der Waals surface area contributed by atoms with Crippen molar-refractivity contribution in [1.82, 2.24) is 5.32 Å². The Hall–Kier alpha value is -1.97. The minimum Gasteiger partial charge on any atom is -0.371 e. The Morgan fingerprint density at radius 3 is 2.75 bits per heavy atom. The van der Waals surface area contributed by atoms with E-state index < -0.39 is 0 Å². The zero-order valence-electron chi connectivity index (χ0n) is 14.5. The first-order chi connectivity index (χ1) is 11.8. The number of nitrogens with one attached hydrogen (secondary N) is 2. The number of nitrogens with zero attached hydrogens (tertiary/aromatic N) is 1. The molecule has 4 heteroatoms. The third kappa shape index (κ3) is 5.02. The maximum Gasteiger partial charge on any atom is 0.319 e. The van der Waals surface area contributed by atoms with E-state index in [0.29, 0.717) is 6.54 Å². The highest BCUT2D eigenvalue weighted by Gasteiger charge is 2.11. The fraction of sp³-hybridized carbons (Fsp3) is 0.550. The van der Waals surface area contributed by atoms with Crippen LogP contribution in [0.3, 0.4) is 0 Å². The van der Waals surface area contributed by atoms with E-state index in [1.807, 2.05) is 12.1 Å². The Bertz CT molecular complexity index is 576. The van der Waals surface area contributed by atoms with Crippen molar-refractivity contribution < 1.29 is 4.79 Å². The van der Waals surface area contributed by atoms with E-state index in [9.17, 15) is 4.79 Å². The molecule has 0 saturated carbocycles. The lowest BCUT2D eigenvalue weighted by atomic mass is 9.97. The highest BCUT2D eigenvalue weighted by atomic mass is 16.2. The highest BCUT2D eigenvalue weighted by molar-refractivity contribution is 5.89. The number of amides is 2. The van der Waals surface area contributed by atoms with Crippen molar-refractivity contribution in [1.29, 1.82) is 0 Å². The molecule has 1 aliphatic heterocycles. The molecule has 2 aliphatic rings. The average molecular weight is 327 g/mol. The smallest absolute Gasteiger partial charge is 0.319 e. The van der Waals surface area contributed by atoms with Gasteiger partial charge in [0.2, 0.25) is 0 Å². The lowest BCUT2D eigenvalue weighted by molar-refractivity contribution is 0.252. The zero-order chi connectivity index (χ0) is 16.6. The van der Waals surface area contributed by atoms with Crippen LogP contribution in [0.25, 0.3) is 0 Å². The number of rotatable bonds is 5. The monoisotopic (exact) mass is 327 g/mol. The molecule has 1 saturated heterocycles. The summed E-state index contributed by atoms with van der Waals surface area (Å²) in [5.41, 5.74) is 3.57. The van der Waals surface area contributed by atoms with Gasteiger partial charge < -0.3 is 15.5 Å². The van der Waals surface area contributed by atoms with Gasteiger partial charge in [0.05, 0.1) is 0 Å². The average Bonchev–Trinajstić information content (AvgIpc) is 2.63. The number of hydrogen-bond donors (Lipinski definition) is 2.